The van der Waals surface area contributed by atoms with E-state index >= 15 is 0 Å². The van der Waals surface area contributed by atoms with Crippen LogP contribution in [-0.2, 0) is 6.54 Å². The Bertz CT molecular complexity index is 1000. The number of rotatable bonds is 6. The molecule has 0 spiro atoms. The number of amides is 3. The summed E-state index contributed by atoms with van der Waals surface area (Å²) in [5, 5.41) is 0. The summed E-state index contributed by atoms with van der Waals surface area (Å²) in [5.74, 6) is 0.518. The number of carbonyl (C=O) groups excluding carboxylic acids is 3. The number of hydrogen-bond acceptors (Lipinski definition) is 5. The van der Waals surface area contributed by atoms with E-state index in [1.54, 1.807) is 24.1 Å². The normalized spacial score (nSPS) is 14.3. The van der Waals surface area contributed by atoms with E-state index in [-0.39, 0.29) is 24.5 Å². The summed E-state index contributed by atoms with van der Waals surface area (Å²) in [4.78, 5) is 40.8. The van der Waals surface area contributed by atoms with Crippen LogP contribution in [-0.4, -0.2) is 47.9 Å². The van der Waals surface area contributed by atoms with Crippen LogP contribution in [0.25, 0.3) is 0 Å². The first-order valence-electron chi connectivity index (χ1n) is 9.64. The van der Waals surface area contributed by atoms with Crippen molar-refractivity contribution < 1.29 is 23.9 Å². The molecule has 4 rings (SSSR count). The quantitative estimate of drug-likeness (QED) is 0.704. The van der Waals surface area contributed by atoms with Crippen molar-refractivity contribution in [2.24, 2.45) is 0 Å². The number of unbranched alkanes of at least 4 members (excludes halogenated alkanes) is 1. The van der Waals surface area contributed by atoms with Crippen LogP contribution in [0.2, 0.25) is 0 Å². The summed E-state index contributed by atoms with van der Waals surface area (Å²) in [6.07, 6.45) is 1.65. The number of hydrogen-bond donors (Lipinski definition) is 0. The van der Waals surface area contributed by atoms with E-state index in [4.69, 9.17) is 9.47 Å². The van der Waals surface area contributed by atoms with Crippen LogP contribution in [0.1, 0.15) is 56.4 Å². The lowest BCUT2D eigenvalue weighted by Gasteiger charge is -2.18. The molecule has 2 heterocycles. The first kappa shape index (κ1) is 19.0. The fourth-order valence-electron chi connectivity index (χ4n) is 3.55. The van der Waals surface area contributed by atoms with E-state index in [1.165, 1.54) is 11.0 Å². The average Bonchev–Trinajstić information content (AvgIpc) is 3.28. The molecule has 0 saturated heterocycles. The second-order valence-electron chi connectivity index (χ2n) is 7.22. The van der Waals surface area contributed by atoms with Gasteiger partial charge in [0.2, 0.25) is 6.79 Å². The Hall–Kier alpha value is -3.35. The highest BCUT2D eigenvalue weighted by atomic mass is 16.7. The highest BCUT2D eigenvalue weighted by Gasteiger charge is 2.35. The topological polar surface area (TPSA) is 76.2 Å². The molecule has 2 aromatic rings. The first-order chi connectivity index (χ1) is 14.0. The van der Waals surface area contributed by atoms with Gasteiger partial charge in [-0.25, -0.2) is 0 Å². The molecule has 0 aromatic heterocycles. The average molecular weight is 394 g/mol. The van der Waals surface area contributed by atoms with Gasteiger partial charge in [0, 0.05) is 25.7 Å². The standard InChI is InChI=1S/C22H22N2O5/c1-3-4-9-24-21(26)16-7-6-15(11-17(16)22(24)27)20(25)23(2)12-14-5-8-18-19(10-14)29-13-28-18/h5-8,10-11H,3-4,9,12-13H2,1-2H3. The van der Waals surface area contributed by atoms with Gasteiger partial charge in [-0.2, -0.15) is 0 Å². The Labute approximate surface area is 168 Å². The number of benzene rings is 2. The van der Waals surface area contributed by atoms with Crippen molar-refractivity contribution in [1.29, 1.82) is 0 Å². The number of carbonyl (C=O) groups is 3. The third-order valence-electron chi connectivity index (χ3n) is 5.16. The zero-order valence-corrected chi connectivity index (χ0v) is 16.4. The summed E-state index contributed by atoms with van der Waals surface area (Å²) < 4.78 is 10.7. The van der Waals surface area contributed by atoms with Gasteiger partial charge in [-0.1, -0.05) is 19.4 Å². The fraction of sp³-hybridized carbons (Fsp3) is 0.318. The van der Waals surface area contributed by atoms with Gasteiger partial charge >= 0.3 is 0 Å². The van der Waals surface area contributed by atoms with Crippen molar-refractivity contribution in [2.75, 3.05) is 20.4 Å². The molecule has 150 valence electrons. The Kier molecular flexibility index (Phi) is 4.96. The predicted molar refractivity (Wildman–Crippen MR) is 105 cm³/mol. The van der Waals surface area contributed by atoms with Crippen molar-refractivity contribution in [3.8, 4) is 11.5 Å². The minimum atomic E-state index is -0.327. The summed E-state index contributed by atoms with van der Waals surface area (Å²) >= 11 is 0. The molecule has 2 aromatic carbocycles. The summed E-state index contributed by atoms with van der Waals surface area (Å²) in [6, 6.07) is 10.3. The van der Waals surface area contributed by atoms with Crippen molar-refractivity contribution in [3.63, 3.8) is 0 Å². The lowest BCUT2D eigenvalue weighted by Crippen LogP contribution is -2.30. The van der Waals surface area contributed by atoms with Gasteiger partial charge in [0.15, 0.2) is 11.5 Å². The van der Waals surface area contributed by atoms with E-state index in [0.29, 0.717) is 41.3 Å². The molecule has 7 heteroatoms. The molecular formula is C22H22N2O5. The summed E-state index contributed by atoms with van der Waals surface area (Å²) in [5.41, 5.74) is 1.95. The molecule has 0 unspecified atom stereocenters. The molecule has 3 amide bonds. The smallest absolute Gasteiger partial charge is 0.261 e. The molecule has 2 aliphatic heterocycles. The number of nitrogens with zero attached hydrogens (tertiary/aromatic N) is 2. The minimum Gasteiger partial charge on any atom is -0.454 e. The first-order valence-corrected chi connectivity index (χ1v) is 9.64. The Morgan fingerprint density at radius 1 is 1.03 bits per heavy atom. The Balaban J connectivity index is 1.51. The predicted octanol–water partition coefficient (Wildman–Crippen LogP) is 3.08. The zero-order valence-electron chi connectivity index (χ0n) is 16.4. The van der Waals surface area contributed by atoms with Gasteiger partial charge in [0.1, 0.15) is 0 Å². The maximum atomic E-state index is 12.9. The SMILES string of the molecule is CCCCN1C(=O)c2ccc(C(=O)N(C)Cc3ccc4c(c3)OCO4)cc2C1=O. The number of ether oxygens (including phenoxy) is 2. The number of imide groups is 1. The monoisotopic (exact) mass is 394 g/mol. The summed E-state index contributed by atoms with van der Waals surface area (Å²) in [6.45, 7) is 2.98. The van der Waals surface area contributed by atoms with E-state index < -0.39 is 0 Å². The Morgan fingerprint density at radius 2 is 1.79 bits per heavy atom. The van der Waals surface area contributed by atoms with Gasteiger partial charge < -0.3 is 14.4 Å². The van der Waals surface area contributed by atoms with Crippen LogP contribution >= 0.6 is 0 Å². The molecule has 2 aliphatic rings. The van der Waals surface area contributed by atoms with Crippen LogP contribution in [0.4, 0.5) is 0 Å². The molecule has 0 aliphatic carbocycles. The van der Waals surface area contributed by atoms with Gasteiger partial charge in [-0.15, -0.1) is 0 Å². The van der Waals surface area contributed by atoms with Gasteiger partial charge in [-0.05, 0) is 42.3 Å². The second-order valence-corrected chi connectivity index (χ2v) is 7.22. The van der Waals surface area contributed by atoms with Crippen LogP contribution in [0, 0.1) is 0 Å². The number of fused-ring (bicyclic) bond motifs is 2. The van der Waals surface area contributed by atoms with Crippen molar-refractivity contribution in [3.05, 3.63) is 58.7 Å². The maximum Gasteiger partial charge on any atom is 0.261 e. The molecule has 0 atom stereocenters. The van der Waals surface area contributed by atoms with Crippen LogP contribution in [0.5, 0.6) is 11.5 Å². The van der Waals surface area contributed by atoms with Gasteiger partial charge in [-0.3, -0.25) is 19.3 Å². The summed E-state index contributed by atoms with van der Waals surface area (Å²) in [7, 11) is 1.70. The van der Waals surface area contributed by atoms with Crippen LogP contribution < -0.4 is 9.47 Å². The maximum absolute atomic E-state index is 12.9. The highest BCUT2D eigenvalue weighted by Crippen LogP contribution is 2.33. The van der Waals surface area contributed by atoms with Gasteiger partial charge in [0.25, 0.3) is 17.7 Å². The van der Waals surface area contributed by atoms with Crippen LogP contribution in [0.3, 0.4) is 0 Å². The van der Waals surface area contributed by atoms with E-state index in [9.17, 15) is 14.4 Å². The van der Waals surface area contributed by atoms with Crippen molar-refractivity contribution in [2.45, 2.75) is 26.3 Å². The third kappa shape index (κ3) is 3.44. The van der Waals surface area contributed by atoms with Crippen molar-refractivity contribution >= 4 is 17.7 Å². The zero-order chi connectivity index (χ0) is 20.5. The third-order valence-corrected chi connectivity index (χ3v) is 5.16. The molecule has 0 N–H and O–H groups in total. The Morgan fingerprint density at radius 3 is 2.59 bits per heavy atom. The molecule has 0 bridgehead atoms. The van der Waals surface area contributed by atoms with Crippen LogP contribution in [0.15, 0.2) is 36.4 Å². The lowest BCUT2D eigenvalue weighted by molar-refractivity contribution is 0.0652. The molecule has 7 nitrogen and oxygen atoms in total. The molecule has 0 fully saturated rings. The highest BCUT2D eigenvalue weighted by molar-refractivity contribution is 6.22. The lowest BCUT2D eigenvalue weighted by atomic mass is 10.0. The van der Waals surface area contributed by atoms with Crippen molar-refractivity contribution in [1.82, 2.24) is 9.80 Å². The molecule has 0 radical (unpaired) electrons. The second kappa shape index (κ2) is 7.58. The largest absolute Gasteiger partial charge is 0.454 e. The molecular weight excluding hydrogens is 372 g/mol. The van der Waals surface area contributed by atoms with E-state index in [0.717, 1.165) is 18.4 Å². The van der Waals surface area contributed by atoms with Gasteiger partial charge in [0.05, 0.1) is 11.1 Å². The molecule has 0 saturated carbocycles. The minimum absolute atomic E-state index is 0.199. The molecule has 29 heavy (non-hydrogen) atoms. The fourth-order valence-corrected chi connectivity index (χ4v) is 3.55. The van der Waals surface area contributed by atoms with E-state index in [1.807, 2.05) is 25.1 Å². The van der Waals surface area contributed by atoms with E-state index in [2.05, 4.69) is 0 Å².